The van der Waals surface area contributed by atoms with E-state index in [1.54, 1.807) is 62.6 Å². The van der Waals surface area contributed by atoms with Crippen molar-refractivity contribution in [2.24, 2.45) is 0 Å². The van der Waals surface area contributed by atoms with Crippen LogP contribution < -0.4 is 5.32 Å². The van der Waals surface area contributed by atoms with Crippen LogP contribution in [0.15, 0.2) is 53.4 Å². The zero-order chi connectivity index (χ0) is 22.3. The molecule has 1 N–H and O–H groups in total. The third-order valence-electron chi connectivity index (χ3n) is 4.17. The van der Waals surface area contributed by atoms with Gasteiger partial charge in [-0.25, -0.2) is 4.79 Å². The summed E-state index contributed by atoms with van der Waals surface area (Å²) < 4.78 is 5.31. The van der Waals surface area contributed by atoms with Crippen molar-refractivity contribution < 1.29 is 23.9 Å². The second-order valence-corrected chi connectivity index (χ2v) is 7.76. The number of carbonyl (C=O) groups excluding carboxylic acids is 4. The highest BCUT2D eigenvalue weighted by Crippen LogP contribution is 2.24. The Morgan fingerprint density at radius 3 is 2.27 bits per heavy atom. The summed E-state index contributed by atoms with van der Waals surface area (Å²) in [5.41, 5.74) is 1.32. The summed E-state index contributed by atoms with van der Waals surface area (Å²) in [5.74, 6) is -1.11. The van der Waals surface area contributed by atoms with Crippen LogP contribution in [0.4, 0.5) is 5.69 Å². The molecule has 1 unspecified atom stereocenters. The van der Waals surface area contributed by atoms with Gasteiger partial charge in [0.25, 0.3) is 5.91 Å². The van der Waals surface area contributed by atoms with Gasteiger partial charge in [0.1, 0.15) is 0 Å². The second-order valence-electron chi connectivity index (χ2n) is 6.74. The molecule has 2 rings (SSSR count). The van der Waals surface area contributed by atoms with Crippen molar-refractivity contribution in [3.8, 4) is 0 Å². The van der Waals surface area contributed by atoms with Crippen LogP contribution in [0.3, 0.4) is 0 Å². The Morgan fingerprint density at radius 1 is 1.03 bits per heavy atom. The molecular formula is C22H24N2O5S. The largest absolute Gasteiger partial charge is 0.449 e. The monoisotopic (exact) mass is 428 g/mol. The van der Waals surface area contributed by atoms with E-state index in [4.69, 9.17) is 4.74 Å². The molecule has 2 aromatic carbocycles. The van der Waals surface area contributed by atoms with E-state index in [2.05, 4.69) is 5.32 Å². The zero-order valence-electron chi connectivity index (χ0n) is 17.3. The van der Waals surface area contributed by atoms with Crippen molar-refractivity contribution in [3.63, 3.8) is 0 Å². The predicted octanol–water partition coefficient (Wildman–Crippen LogP) is 3.25. The van der Waals surface area contributed by atoms with E-state index in [9.17, 15) is 19.2 Å². The van der Waals surface area contributed by atoms with Gasteiger partial charge in [0.15, 0.2) is 11.9 Å². The van der Waals surface area contributed by atoms with Crippen LogP contribution in [0.5, 0.6) is 0 Å². The first-order valence-corrected chi connectivity index (χ1v) is 10.2. The second kappa shape index (κ2) is 10.6. The number of benzene rings is 2. The fourth-order valence-corrected chi connectivity index (χ4v) is 3.36. The highest BCUT2D eigenvalue weighted by atomic mass is 32.2. The molecule has 1 atom stereocenters. The number of hydrogen-bond donors (Lipinski definition) is 1. The lowest BCUT2D eigenvalue weighted by Crippen LogP contribution is -2.30. The third-order valence-corrected chi connectivity index (χ3v) is 5.23. The Balaban J connectivity index is 2.00. The SMILES string of the molecule is CC(=O)c1ccc(NC(=O)C(C)OC(=O)c2ccccc2SCC(=O)N(C)C)cc1. The van der Waals surface area contributed by atoms with Crippen LogP contribution >= 0.6 is 11.8 Å². The Morgan fingerprint density at radius 2 is 1.67 bits per heavy atom. The minimum Gasteiger partial charge on any atom is -0.449 e. The van der Waals surface area contributed by atoms with Gasteiger partial charge in [-0.1, -0.05) is 12.1 Å². The Labute approximate surface area is 179 Å². The molecule has 0 aliphatic carbocycles. The van der Waals surface area contributed by atoms with Crippen LogP contribution in [-0.4, -0.2) is 54.4 Å². The van der Waals surface area contributed by atoms with E-state index in [-0.39, 0.29) is 17.4 Å². The Hall–Kier alpha value is -3.13. The number of nitrogens with one attached hydrogen (secondary N) is 1. The minimum atomic E-state index is -1.04. The van der Waals surface area contributed by atoms with Crippen LogP contribution in [0.25, 0.3) is 0 Å². The number of carbonyl (C=O) groups is 4. The van der Waals surface area contributed by atoms with Crippen molar-refractivity contribution in [1.29, 1.82) is 0 Å². The maximum atomic E-state index is 12.6. The Kier molecular flexibility index (Phi) is 8.17. The van der Waals surface area contributed by atoms with Crippen LogP contribution in [0.2, 0.25) is 0 Å². The van der Waals surface area contributed by atoms with Gasteiger partial charge in [0, 0.05) is 30.2 Å². The average Bonchev–Trinajstić information content (AvgIpc) is 2.72. The molecule has 0 heterocycles. The van der Waals surface area contributed by atoms with Crippen molar-refractivity contribution in [2.45, 2.75) is 24.8 Å². The van der Waals surface area contributed by atoms with E-state index < -0.39 is 18.0 Å². The van der Waals surface area contributed by atoms with Gasteiger partial charge in [0.2, 0.25) is 5.91 Å². The maximum absolute atomic E-state index is 12.6. The van der Waals surface area contributed by atoms with Crippen molar-refractivity contribution in [3.05, 3.63) is 59.7 Å². The molecule has 0 spiro atoms. The first-order chi connectivity index (χ1) is 14.2. The minimum absolute atomic E-state index is 0.0704. The van der Waals surface area contributed by atoms with Crippen LogP contribution in [0, 0.1) is 0 Å². The molecule has 8 heteroatoms. The lowest BCUT2D eigenvalue weighted by molar-refractivity contribution is -0.126. The summed E-state index contributed by atoms with van der Waals surface area (Å²) in [7, 11) is 3.33. The van der Waals surface area contributed by atoms with Crippen molar-refractivity contribution in [1.82, 2.24) is 4.90 Å². The molecule has 0 fully saturated rings. The van der Waals surface area contributed by atoms with Gasteiger partial charge in [-0.05, 0) is 50.2 Å². The Bertz CT molecular complexity index is 941. The molecule has 2 aromatic rings. The van der Waals surface area contributed by atoms with Gasteiger partial charge in [0.05, 0.1) is 11.3 Å². The molecule has 0 aliphatic rings. The van der Waals surface area contributed by atoms with Crippen LogP contribution in [-0.2, 0) is 14.3 Å². The zero-order valence-corrected chi connectivity index (χ0v) is 18.1. The smallest absolute Gasteiger partial charge is 0.340 e. The highest BCUT2D eigenvalue weighted by molar-refractivity contribution is 8.00. The summed E-state index contributed by atoms with van der Waals surface area (Å²) in [6.07, 6.45) is -1.04. The maximum Gasteiger partial charge on any atom is 0.340 e. The summed E-state index contributed by atoms with van der Waals surface area (Å²) >= 11 is 1.23. The van der Waals surface area contributed by atoms with Gasteiger partial charge in [-0.15, -0.1) is 11.8 Å². The molecular weight excluding hydrogens is 404 g/mol. The molecule has 0 radical (unpaired) electrons. The van der Waals surface area contributed by atoms with E-state index in [0.29, 0.717) is 21.7 Å². The first kappa shape index (κ1) is 23.2. The lowest BCUT2D eigenvalue weighted by atomic mass is 10.1. The molecule has 2 amide bonds. The topological polar surface area (TPSA) is 92.8 Å². The predicted molar refractivity (Wildman–Crippen MR) is 116 cm³/mol. The number of rotatable bonds is 8. The summed E-state index contributed by atoms with van der Waals surface area (Å²) in [4.78, 5) is 50.2. The van der Waals surface area contributed by atoms with E-state index >= 15 is 0 Å². The fourth-order valence-electron chi connectivity index (χ4n) is 2.34. The van der Waals surface area contributed by atoms with Gasteiger partial charge in [-0.2, -0.15) is 0 Å². The number of nitrogens with zero attached hydrogens (tertiary/aromatic N) is 1. The fraction of sp³-hybridized carbons (Fsp3) is 0.273. The molecule has 30 heavy (non-hydrogen) atoms. The van der Waals surface area contributed by atoms with E-state index in [0.717, 1.165) is 0 Å². The van der Waals surface area contributed by atoms with E-state index in [1.807, 2.05) is 0 Å². The molecule has 0 bridgehead atoms. The normalized spacial score (nSPS) is 11.3. The number of esters is 1. The molecule has 0 saturated carbocycles. The number of hydrogen-bond acceptors (Lipinski definition) is 6. The van der Waals surface area contributed by atoms with Crippen molar-refractivity contribution >= 4 is 41.0 Å². The number of anilines is 1. The van der Waals surface area contributed by atoms with E-state index in [1.165, 1.54) is 30.5 Å². The highest BCUT2D eigenvalue weighted by Gasteiger charge is 2.21. The van der Waals surface area contributed by atoms with Gasteiger partial charge in [-0.3, -0.25) is 14.4 Å². The molecule has 158 valence electrons. The molecule has 0 aromatic heterocycles. The number of thioether (sulfide) groups is 1. The van der Waals surface area contributed by atoms with Gasteiger partial charge < -0.3 is 15.0 Å². The summed E-state index contributed by atoms with van der Waals surface area (Å²) in [5, 5.41) is 2.65. The quantitative estimate of drug-likeness (QED) is 0.394. The standard InChI is InChI=1S/C22H24N2O5S/c1-14(25)16-9-11-17(12-10-16)23-21(27)15(2)29-22(28)18-7-5-6-8-19(18)30-13-20(26)24(3)4/h5-12,15H,13H2,1-4H3,(H,23,27). The lowest BCUT2D eigenvalue weighted by Gasteiger charge is -2.15. The number of Topliss-reactive ketones (excluding diaryl/α,β-unsaturated/α-hetero) is 1. The first-order valence-electron chi connectivity index (χ1n) is 9.24. The summed E-state index contributed by atoms with van der Waals surface area (Å²) in [6.45, 7) is 2.93. The molecule has 7 nitrogen and oxygen atoms in total. The molecule has 0 saturated heterocycles. The van der Waals surface area contributed by atoms with Crippen LogP contribution in [0.1, 0.15) is 34.6 Å². The van der Waals surface area contributed by atoms with Crippen molar-refractivity contribution in [2.75, 3.05) is 25.2 Å². The van der Waals surface area contributed by atoms with Gasteiger partial charge >= 0.3 is 5.97 Å². The third kappa shape index (κ3) is 6.45. The summed E-state index contributed by atoms with van der Waals surface area (Å²) in [6, 6.07) is 13.2. The number of amides is 2. The average molecular weight is 429 g/mol. The number of ketones is 1. The molecule has 0 aliphatic heterocycles. The number of ether oxygens (including phenoxy) is 1.